The average Bonchev–Trinajstić information content (AvgIpc) is 3.18. The molecule has 0 radical (unpaired) electrons. The summed E-state index contributed by atoms with van der Waals surface area (Å²) in [5.74, 6) is 0.620. The van der Waals surface area contributed by atoms with E-state index in [0.717, 1.165) is 36.3 Å². The molecular formula is C21H24N2O4. The van der Waals surface area contributed by atoms with E-state index in [4.69, 9.17) is 8.94 Å². The molecule has 3 aromatic rings. The molecule has 0 saturated carbocycles. The molecule has 0 aliphatic heterocycles. The van der Waals surface area contributed by atoms with Crippen molar-refractivity contribution in [2.24, 2.45) is 0 Å². The predicted molar refractivity (Wildman–Crippen MR) is 99.8 cm³/mol. The van der Waals surface area contributed by atoms with Gasteiger partial charge in [-0.1, -0.05) is 29.4 Å². The van der Waals surface area contributed by atoms with Crippen LogP contribution in [-0.4, -0.2) is 21.2 Å². The van der Waals surface area contributed by atoms with Crippen molar-refractivity contribution in [2.75, 3.05) is 0 Å². The summed E-state index contributed by atoms with van der Waals surface area (Å²) >= 11 is 0. The number of carboxylic acid groups (broad SMARTS) is 1. The van der Waals surface area contributed by atoms with Gasteiger partial charge in [-0.15, -0.1) is 0 Å². The lowest BCUT2D eigenvalue weighted by molar-refractivity contribution is -0.138. The average molecular weight is 368 g/mol. The maximum atomic E-state index is 11.6. The minimum atomic E-state index is -0.898. The first-order chi connectivity index (χ1) is 12.9. The van der Waals surface area contributed by atoms with Crippen molar-refractivity contribution < 1.29 is 18.8 Å². The third-order valence-corrected chi connectivity index (χ3v) is 4.64. The molecule has 0 aliphatic carbocycles. The molecule has 142 valence electrons. The third kappa shape index (κ3) is 4.84. The highest BCUT2D eigenvalue weighted by atomic mass is 16.5. The van der Waals surface area contributed by atoms with Crippen molar-refractivity contribution in [1.82, 2.24) is 10.1 Å². The van der Waals surface area contributed by atoms with Gasteiger partial charge in [-0.25, -0.2) is 4.98 Å². The smallest absolute Gasteiger partial charge is 0.313 e. The van der Waals surface area contributed by atoms with Crippen molar-refractivity contribution in [3.8, 4) is 0 Å². The van der Waals surface area contributed by atoms with Crippen LogP contribution in [0.2, 0.25) is 0 Å². The number of nitrogens with zero attached hydrogens (tertiary/aromatic N) is 2. The van der Waals surface area contributed by atoms with E-state index in [2.05, 4.69) is 22.3 Å². The monoisotopic (exact) mass is 368 g/mol. The molecule has 0 fully saturated rings. The Morgan fingerprint density at radius 1 is 1.11 bits per heavy atom. The fraction of sp³-hybridized carbons (Fsp3) is 0.381. The van der Waals surface area contributed by atoms with Gasteiger partial charge in [0.05, 0.1) is 11.4 Å². The van der Waals surface area contributed by atoms with Gasteiger partial charge in [0.2, 0.25) is 0 Å². The van der Waals surface area contributed by atoms with Gasteiger partial charge in [-0.05, 0) is 50.7 Å². The number of aliphatic carboxylic acids is 1. The lowest BCUT2D eigenvalue weighted by Gasteiger charge is -2.10. The summed E-state index contributed by atoms with van der Waals surface area (Å²) in [6.07, 6.45) is 3.20. The second kappa shape index (κ2) is 8.20. The molecule has 0 aliphatic rings. The molecule has 1 unspecified atom stereocenters. The zero-order chi connectivity index (χ0) is 19.4. The molecular weight excluding hydrogens is 344 g/mol. The van der Waals surface area contributed by atoms with Gasteiger partial charge in [-0.3, -0.25) is 4.79 Å². The molecule has 2 heterocycles. The molecule has 3 rings (SSSR count). The van der Waals surface area contributed by atoms with Crippen LogP contribution in [0.1, 0.15) is 52.3 Å². The summed E-state index contributed by atoms with van der Waals surface area (Å²) < 4.78 is 10.5. The Balaban J connectivity index is 1.57. The van der Waals surface area contributed by atoms with Crippen LogP contribution in [0, 0.1) is 20.8 Å². The number of benzene rings is 1. The second-order valence-electron chi connectivity index (χ2n) is 6.86. The molecule has 0 saturated heterocycles. The molecule has 6 nitrogen and oxygen atoms in total. The number of aromatic nitrogens is 2. The number of aryl methyl sites for hydroxylation is 5. The van der Waals surface area contributed by atoms with Crippen molar-refractivity contribution in [1.29, 1.82) is 0 Å². The van der Waals surface area contributed by atoms with Gasteiger partial charge in [0.25, 0.3) is 0 Å². The highest BCUT2D eigenvalue weighted by Gasteiger charge is 2.23. The topological polar surface area (TPSA) is 89.4 Å². The molecule has 1 atom stereocenters. The zero-order valence-electron chi connectivity index (χ0n) is 15.9. The third-order valence-electron chi connectivity index (χ3n) is 4.64. The van der Waals surface area contributed by atoms with Crippen molar-refractivity contribution in [3.63, 3.8) is 0 Å². The molecule has 6 heteroatoms. The number of carboxylic acids is 1. The minimum Gasteiger partial charge on any atom is -0.481 e. The number of hydrogen-bond donors (Lipinski definition) is 1. The Kier molecular flexibility index (Phi) is 5.74. The Morgan fingerprint density at radius 2 is 1.81 bits per heavy atom. The van der Waals surface area contributed by atoms with E-state index in [1.807, 2.05) is 26.0 Å². The lowest BCUT2D eigenvalue weighted by Crippen LogP contribution is -2.14. The van der Waals surface area contributed by atoms with Crippen LogP contribution in [0.3, 0.4) is 0 Å². The fourth-order valence-corrected chi connectivity index (χ4v) is 3.21. The van der Waals surface area contributed by atoms with E-state index in [9.17, 15) is 9.90 Å². The van der Waals surface area contributed by atoms with Crippen LogP contribution < -0.4 is 0 Å². The first-order valence-corrected chi connectivity index (χ1v) is 9.09. The van der Waals surface area contributed by atoms with Gasteiger partial charge < -0.3 is 14.0 Å². The molecule has 27 heavy (non-hydrogen) atoms. The Hall–Kier alpha value is -2.89. The SMILES string of the molecule is Cc1cc(C(Cc2ccc(CCCc3nc(C)oc3C)cc2)C(=O)O)no1. The first-order valence-electron chi connectivity index (χ1n) is 9.09. The van der Waals surface area contributed by atoms with E-state index in [-0.39, 0.29) is 0 Å². The summed E-state index contributed by atoms with van der Waals surface area (Å²) in [5, 5.41) is 13.4. The van der Waals surface area contributed by atoms with E-state index in [0.29, 0.717) is 23.8 Å². The fourth-order valence-electron chi connectivity index (χ4n) is 3.21. The minimum absolute atomic E-state index is 0.388. The quantitative estimate of drug-likeness (QED) is 0.642. The first kappa shape index (κ1) is 18.9. The Bertz CT molecular complexity index is 909. The van der Waals surface area contributed by atoms with Gasteiger partial charge in [0, 0.05) is 13.0 Å². The summed E-state index contributed by atoms with van der Waals surface area (Å²) in [6.45, 7) is 5.56. The summed E-state index contributed by atoms with van der Waals surface area (Å²) in [4.78, 5) is 16.0. The second-order valence-corrected chi connectivity index (χ2v) is 6.86. The van der Waals surface area contributed by atoms with Crippen molar-refractivity contribution in [3.05, 3.63) is 70.3 Å². The van der Waals surface area contributed by atoms with Crippen molar-refractivity contribution >= 4 is 5.97 Å². The van der Waals surface area contributed by atoms with E-state index < -0.39 is 11.9 Å². The molecule has 1 N–H and O–H groups in total. The highest BCUT2D eigenvalue weighted by Crippen LogP contribution is 2.22. The maximum absolute atomic E-state index is 11.6. The number of oxazole rings is 1. The van der Waals surface area contributed by atoms with Gasteiger partial charge in [0.1, 0.15) is 17.4 Å². The molecule has 0 spiro atoms. The van der Waals surface area contributed by atoms with Crippen molar-refractivity contribution in [2.45, 2.75) is 52.4 Å². The maximum Gasteiger partial charge on any atom is 0.313 e. The lowest BCUT2D eigenvalue weighted by atomic mass is 9.95. The zero-order valence-corrected chi connectivity index (χ0v) is 15.9. The molecule has 2 aromatic heterocycles. The van der Waals surface area contributed by atoms with Crippen LogP contribution in [-0.2, 0) is 24.1 Å². The van der Waals surface area contributed by atoms with E-state index in [1.165, 1.54) is 5.56 Å². The van der Waals surface area contributed by atoms with Crippen LogP contribution in [0.4, 0.5) is 0 Å². The van der Waals surface area contributed by atoms with Crippen LogP contribution in [0.5, 0.6) is 0 Å². The Labute approximate surface area is 158 Å². The summed E-state index contributed by atoms with van der Waals surface area (Å²) in [5.41, 5.74) is 3.68. The normalized spacial score (nSPS) is 12.3. The van der Waals surface area contributed by atoms with E-state index in [1.54, 1.807) is 13.0 Å². The molecule has 0 bridgehead atoms. The highest BCUT2D eigenvalue weighted by molar-refractivity contribution is 5.75. The largest absolute Gasteiger partial charge is 0.481 e. The predicted octanol–water partition coefficient (Wildman–Crippen LogP) is 4.17. The molecule has 1 aromatic carbocycles. The standard InChI is InChI=1S/C21H24N2O4/c1-13-11-20(23-27-13)18(21(24)25)12-17-9-7-16(8-10-17)5-4-6-19-14(2)26-15(3)22-19/h7-11,18H,4-6,12H2,1-3H3,(H,24,25). The molecule has 0 amide bonds. The van der Waals surface area contributed by atoms with Crippen LogP contribution >= 0.6 is 0 Å². The van der Waals surface area contributed by atoms with E-state index >= 15 is 0 Å². The summed E-state index contributed by atoms with van der Waals surface area (Å²) in [6, 6.07) is 9.78. The van der Waals surface area contributed by atoms with Gasteiger partial charge in [-0.2, -0.15) is 0 Å². The number of carbonyl (C=O) groups is 1. The summed E-state index contributed by atoms with van der Waals surface area (Å²) in [7, 11) is 0. The number of rotatable bonds is 8. The Morgan fingerprint density at radius 3 is 2.37 bits per heavy atom. The van der Waals surface area contributed by atoms with Crippen LogP contribution in [0.25, 0.3) is 0 Å². The van der Waals surface area contributed by atoms with Gasteiger partial charge >= 0.3 is 5.97 Å². The van der Waals surface area contributed by atoms with Crippen LogP contribution in [0.15, 0.2) is 39.3 Å². The van der Waals surface area contributed by atoms with Gasteiger partial charge in [0.15, 0.2) is 5.89 Å². The number of hydrogen-bond acceptors (Lipinski definition) is 5.